The Labute approximate surface area is 178 Å². The molecule has 2 aromatic heterocycles. The molecule has 1 aliphatic rings. The number of hydrogen-bond acceptors (Lipinski definition) is 6. The molecule has 0 unspecified atom stereocenters. The van der Waals surface area contributed by atoms with Gasteiger partial charge in [0.1, 0.15) is 4.83 Å². The maximum atomic E-state index is 13.0. The topological polar surface area (TPSA) is 72.3 Å². The van der Waals surface area contributed by atoms with Crippen molar-refractivity contribution in [3.8, 4) is 0 Å². The Morgan fingerprint density at radius 2 is 2.00 bits per heavy atom. The molecule has 0 saturated heterocycles. The van der Waals surface area contributed by atoms with E-state index in [1.165, 1.54) is 47.0 Å². The first-order chi connectivity index (χ1) is 13.8. The lowest BCUT2D eigenvalue weighted by molar-refractivity contribution is 0.520. The van der Waals surface area contributed by atoms with Crippen LogP contribution in [0.3, 0.4) is 0 Å². The molecule has 0 N–H and O–H groups in total. The van der Waals surface area contributed by atoms with Crippen LogP contribution >= 0.6 is 23.1 Å². The zero-order valence-electron chi connectivity index (χ0n) is 16.6. The number of sulfonamides is 1. The summed E-state index contributed by atoms with van der Waals surface area (Å²) >= 11 is 3.10. The molecule has 0 atom stereocenters. The van der Waals surface area contributed by atoms with E-state index in [0.29, 0.717) is 10.9 Å². The second kappa shape index (κ2) is 7.86. The van der Waals surface area contributed by atoms with Gasteiger partial charge in [0.05, 0.1) is 10.3 Å². The SMILES string of the molecule is CN(C)S(=O)(=O)c1cccc(CSc2nc3sc4c(c3c(=O)n2C)CCCC4)c1. The lowest BCUT2D eigenvalue weighted by atomic mass is 9.97. The van der Waals surface area contributed by atoms with Crippen LogP contribution in [0.1, 0.15) is 28.8 Å². The summed E-state index contributed by atoms with van der Waals surface area (Å²) < 4.78 is 27.6. The summed E-state index contributed by atoms with van der Waals surface area (Å²) in [5.41, 5.74) is 2.08. The van der Waals surface area contributed by atoms with E-state index in [1.807, 2.05) is 6.07 Å². The molecule has 6 nitrogen and oxygen atoms in total. The van der Waals surface area contributed by atoms with Crippen molar-refractivity contribution in [1.82, 2.24) is 13.9 Å². The van der Waals surface area contributed by atoms with Gasteiger partial charge in [0.15, 0.2) is 5.16 Å². The maximum Gasteiger partial charge on any atom is 0.262 e. The Morgan fingerprint density at radius 1 is 1.24 bits per heavy atom. The minimum Gasteiger partial charge on any atom is -0.290 e. The third kappa shape index (κ3) is 3.76. The molecule has 9 heteroatoms. The standard InChI is InChI=1S/C20H23N3O3S3/c1-22(2)29(25,26)14-8-6-7-13(11-14)12-27-20-21-18-17(19(24)23(20)3)15-9-4-5-10-16(15)28-18/h6-8,11H,4-5,9-10,12H2,1-3H3. The van der Waals surface area contributed by atoms with Crippen molar-refractivity contribution in [2.24, 2.45) is 7.05 Å². The van der Waals surface area contributed by atoms with Gasteiger partial charge in [-0.1, -0.05) is 23.9 Å². The van der Waals surface area contributed by atoms with Crippen LogP contribution in [-0.2, 0) is 35.7 Å². The van der Waals surface area contributed by atoms with Gasteiger partial charge in [0.25, 0.3) is 5.56 Å². The molecule has 2 heterocycles. The zero-order chi connectivity index (χ0) is 20.8. The van der Waals surface area contributed by atoms with Crippen molar-refractivity contribution in [2.75, 3.05) is 14.1 Å². The lowest BCUT2D eigenvalue weighted by Crippen LogP contribution is -2.22. The van der Waals surface area contributed by atoms with Gasteiger partial charge in [-0.2, -0.15) is 0 Å². The molecule has 3 aromatic rings. The highest BCUT2D eigenvalue weighted by molar-refractivity contribution is 7.98. The fourth-order valence-corrected chi connectivity index (χ4v) is 6.74. The van der Waals surface area contributed by atoms with Gasteiger partial charge in [-0.15, -0.1) is 11.3 Å². The summed E-state index contributed by atoms with van der Waals surface area (Å²) in [5, 5.41) is 1.44. The Hall–Kier alpha value is -1.68. The number of aryl methyl sites for hydroxylation is 2. The molecular weight excluding hydrogens is 426 g/mol. The second-order valence-corrected chi connectivity index (χ2v) is 11.6. The number of rotatable bonds is 5. The van der Waals surface area contributed by atoms with Gasteiger partial charge in [0, 0.05) is 31.8 Å². The largest absolute Gasteiger partial charge is 0.290 e. The van der Waals surface area contributed by atoms with Gasteiger partial charge < -0.3 is 0 Å². The molecule has 154 valence electrons. The molecular formula is C20H23N3O3S3. The number of hydrogen-bond donors (Lipinski definition) is 0. The number of benzene rings is 1. The molecule has 29 heavy (non-hydrogen) atoms. The number of aromatic nitrogens is 2. The molecule has 0 bridgehead atoms. The highest BCUT2D eigenvalue weighted by Crippen LogP contribution is 2.35. The second-order valence-electron chi connectivity index (χ2n) is 7.37. The highest BCUT2D eigenvalue weighted by atomic mass is 32.2. The van der Waals surface area contributed by atoms with Crippen LogP contribution in [-0.4, -0.2) is 36.4 Å². The van der Waals surface area contributed by atoms with E-state index in [0.717, 1.165) is 35.0 Å². The first kappa shape index (κ1) is 20.6. The van der Waals surface area contributed by atoms with E-state index >= 15 is 0 Å². The summed E-state index contributed by atoms with van der Waals surface area (Å²) in [6.07, 6.45) is 4.31. The van der Waals surface area contributed by atoms with Crippen LogP contribution in [0.4, 0.5) is 0 Å². The Bertz CT molecular complexity index is 1240. The maximum absolute atomic E-state index is 13.0. The summed E-state index contributed by atoms with van der Waals surface area (Å²) in [7, 11) is 1.33. The predicted octanol–water partition coefficient (Wildman–Crippen LogP) is 3.42. The van der Waals surface area contributed by atoms with Gasteiger partial charge >= 0.3 is 0 Å². The molecule has 0 spiro atoms. The van der Waals surface area contributed by atoms with E-state index in [9.17, 15) is 13.2 Å². The normalized spacial score (nSPS) is 14.5. The Balaban J connectivity index is 1.64. The average Bonchev–Trinajstić information content (AvgIpc) is 3.08. The third-order valence-corrected chi connectivity index (χ3v) is 9.30. The highest BCUT2D eigenvalue weighted by Gasteiger charge is 2.21. The van der Waals surface area contributed by atoms with Crippen molar-refractivity contribution < 1.29 is 8.42 Å². The molecule has 1 aromatic carbocycles. The zero-order valence-corrected chi connectivity index (χ0v) is 19.1. The van der Waals surface area contributed by atoms with E-state index in [2.05, 4.69) is 0 Å². The van der Waals surface area contributed by atoms with Gasteiger partial charge in [-0.3, -0.25) is 9.36 Å². The fraction of sp³-hybridized carbons (Fsp3) is 0.400. The van der Waals surface area contributed by atoms with Gasteiger partial charge in [-0.25, -0.2) is 17.7 Å². The molecule has 0 radical (unpaired) electrons. The van der Waals surface area contributed by atoms with Crippen LogP contribution in [0, 0.1) is 0 Å². The number of nitrogens with zero attached hydrogens (tertiary/aromatic N) is 3. The van der Waals surface area contributed by atoms with Crippen LogP contribution < -0.4 is 5.56 Å². The summed E-state index contributed by atoms with van der Waals surface area (Å²) in [6.45, 7) is 0. The van der Waals surface area contributed by atoms with Crippen molar-refractivity contribution >= 4 is 43.3 Å². The Kier molecular flexibility index (Phi) is 5.58. The minimum atomic E-state index is -3.47. The molecule has 0 fully saturated rings. The number of fused-ring (bicyclic) bond motifs is 3. The summed E-state index contributed by atoms with van der Waals surface area (Å²) in [6, 6.07) is 6.92. The predicted molar refractivity (Wildman–Crippen MR) is 118 cm³/mol. The quantitative estimate of drug-likeness (QED) is 0.441. The Morgan fingerprint density at radius 3 is 2.76 bits per heavy atom. The smallest absolute Gasteiger partial charge is 0.262 e. The van der Waals surface area contributed by atoms with Gasteiger partial charge in [-0.05, 0) is 48.9 Å². The lowest BCUT2D eigenvalue weighted by Gasteiger charge is -2.12. The number of thiophene rings is 1. The van der Waals surface area contributed by atoms with Crippen LogP contribution in [0.25, 0.3) is 10.2 Å². The van der Waals surface area contributed by atoms with Crippen molar-refractivity contribution in [3.63, 3.8) is 0 Å². The first-order valence-corrected chi connectivity index (χ1v) is 12.7. The van der Waals surface area contributed by atoms with Crippen LogP contribution in [0.5, 0.6) is 0 Å². The van der Waals surface area contributed by atoms with Crippen molar-refractivity contribution in [2.45, 2.75) is 41.5 Å². The summed E-state index contributed by atoms with van der Waals surface area (Å²) in [5.74, 6) is 0.535. The van der Waals surface area contributed by atoms with Crippen LogP contribution in [0.15, 0.2) is 39.1 Å². The van der Waals surface area contributed by atoms with Gasteiger partial charge in [0.2, 0.25) is 10.0 Å². The molecule has 0 saturated carbocycles. The minimum absolute atomic E-state index is 0.0147. The third-order valence-electron chi connectivity index (χ3n) is 5.20. The molecule has 1 aliphatic carbocycles. The van der Waals surface area contributed by atoms with E-state index in [1.54, 1.807) is 41.2 Å². The van der Waals surface area contributed by atoms with Crippen molar-refractivity contribution in [3.05, 3.63) is 50.6 Å². The molecule has 0 amide bonds. The van der Waals surface area contributed by atoms with Crippen LogP contribution in [0.2, 0.25) is 0 Å². The van der Waals surface area contributed by atoms with E-state index in [4.69, 9.17) is 4.98 Å². The fourth-order valence-electron chi connectivity index (χ4n) is 3.55. The average molecular weight is 450 g/mol. The summed E-state index contributed by atoms with van der Waals surface area (Å²) in [4.78, 5) is 20.2. The van der Waals surface area contributed by atoms with Crippen molar-refractivity contribution in [1.29, 1.82) is 0 Å². The molecule has 0 aliphatic heterocycles. The number of thioether (sulfide) groups is 1. The van der Waals surface area contributed by atoms with E-state index < -0.39 is 10.0 Å². The monoisotopic (exact) mass is 449 g/mol. The first-order valence-electron chi connectivity index (χ1n) is 9.44. The van der Waals surface area contributed by atoms with E-state index in [-0.39, 0.29) is 10.5 Å². The molecule has 4 rings (SSSR count).